The number of benzene rings is 2. The fraction of sp³-hybridized carbons (Fsp3) is 0.174. The Labute approximate surface area is 223 Å². The van der Waals surface area contributed by atoms with E-state index in [2.05, 4.69) is 28.7 Å². The Bertz CT molecular complexity index is 1380. The number of rotatable bonds is 5. The SMILES string of the molecule is CN1Cc2cccc(/C(N)=N/NN)c2C1.O=Cc1c(Sc2c(Cl)cccc2Cl)cc(C(F)(F)F)[nH]c1=O. The van der Waals surface area contributed by atoms with Crippen molar-refractivity contribution in [1.82, 2.24) is 15.4 Å². The summed E-state index contributed by atoms with van der Waals surface area (Å²) in [5, 5.41) is 4.20. The zero-order chi connectivity index (χ0) is 27.3. The molecule has 0 radical (unpaired) electrons. The van der Waals surface area contributed by atoms with Crippen LogP contribution in [0.1, 0.15) is 32.7 Å². The molecule has 0 saturated carbocycles. The second kappa shape index (κ2) is 12.0. The van der Waals surface area contributed by atoms with E-state index < -0.39 is 23.0 Å². The summed E-state index contributed by atoms with van der Waals surface area (Å²) in [6, 6.07) is 11.3. The van der Waals surface area contributed by atoms with Gasteiger partial charge in [-0.3, -0.25) is 14.5 Å². The van der Waals surface area contributed by atoms with Gasteiger partial charge >= 0.3 is 6.18 Å². The van der Waals surface area contributed by atoms with Crippen LogP contribution < -0.4 is 22.7 Å². The van der Waals surface area contributed by atoms with Crippen LogP contribution in [0, 0.1) is 0 Å². The molecule has 14 heteroatoms. The molecule has 0 atom stereocenters. The van der Waals surface area contributed by atoms with Crippen LogP contribution in [0.15, 0.2) is 62.2 Å². The molecule has 0 bridgehead atoms. The van der Waals surface area contributed by atoms with Crippen molar-refractivity contribution in [2.24, 2.45) is 16.7 Å². The maximum absolute atomic E-state index is 12.8. The van der Waals surface area contributed by atoms with Crippen LogP contribution in [0.3, 0.4) is 0 Å². The Morgan fingerprint density at radius 2 is 1.84 bits per heavy atom. The summed E-state index contributed by atoms with van der Waals surface area (Å²) in [5.41, 5.74) is 8.75. The number of halogens is 5. The van der Waals surface area contributed by atoms with Crippen LogP contribution in [-0.2, 0) is 19.3 Å². The molecule has 1 aliphatic heterocycles. The fourth-order valence-electron chi connectivity index (χ4n) is 3.54. The van der Waals surface area contributed by atoms with Crippen molar-refractivity contribution < 1.29 is 18.0 Å². The van der Waals surface area contributed by atoms with Crippen molar-refractivity contribution in [3.05, 3.63) is 90.8 Å². The van der Waals surface area contributed by atoms with Gasteiger partial charge in [0.1, 0.15) is 5.69 Å². The highest BCUT2D eigenvalue weighted by atomic mass is 35.5. The lowest BCUT2D eigenvalue weighted by Gasteiger charge is -2.11. The molecule has 0 unspecified atom stereocenters. The fourth-order valence-corrected chi connectivity index (χ4v) is 5.15. The quantitative estimate of drug-likeness (QED) is 0.117. The van der Waals surface area contributed by atoms with Crippen molar-refractivity contribution in [3.8, 4) is 0 Å². The first-order valence-electron chi connectivity index (χ1n) is 10.5. The molecule has 0 amide bonds. The number of hydrogen-bond donors (Lipinski definition) is 4. The van der Waals surface area contributed by atoms with Crippen LogP contribution >= 0.6 is 35.0 Å². The topological polar surface area (TPSA) is 130 Å². The zero-order valence-electron chi connectivity index (χ0n) is 19.2. The normalized spacial score (nSPS) is 13.5. The number of nitrogens with one attached hydrogen (secondary N) is 2. The summed E-state index contributed by atoms with van der Waals surface area (Å²) in [6.07, 6.45) is -4.56. The average Bonchev–Trinajstić information content (AvgIpc) is 3.21. The van der Waals surface area contributed by atoms with Gasteiger partial charge in [-0.2, -0.15) is 13.2 Å². The van der Waals surface area contributed by atoms with Gasteiger partial charge in [0.15, 0.2) is 12.1 Å². The average molecular weight is 573 g/mol. The number of hydrazine groups is 1. The number of nitrogens with two attached hydrogens (primary N) is 2. The highest BCUT2D eigenvalue weighted by Gasteiger charge is 2.33. The monoisotopic (exact) mass is 572 g/mol. The molecule has 196 valence electrons. The summed E-state index contributed by atoms with van der Waals surface area (Å²) < 4.78 is 38.3. The van der Waals surface area contributed by atoms with Gasteiger partial charge in [0.2, 0.25) is 0 Å². The van der Waals surface area contributed by atoms with Gasteiger partial charge in [-0.1, -0.05) is 59.2 Å². The van der Waals surface area contributed by atoms with Crippen molar-refractivity contribution in [2.75, 3.05) is 7.05 Å². The first-order chi connectivity index (χ1) is 17.5. The van der Waals surface area contributed by atoms with Gasteiger partial charge in [-0.15, -0.1) is 5.10 Å². The Morgan fingerprint density at radius 3 is 2.43 bits per heavy atom. The molecule has 2 aromatic carbocycles. The number of H-pyrrole nitrogens is 1. The second-order valence-corrected chi connectivity index (χ2v) is 9.67. The molecule has 1 aliphatic rings. The number of aromatic nitrogens is 1. The number of pyridine rings is 1. The number of aromatic amines is 1. The van der Waals surface area contributed by atoms with E-state index >= 15 is 0 Å². The molecule has 0 aliphatic carbocycles. The lowest BCUT2D eigenvalue weighted by molar-refractivity contribution is -0.141. The number of alkyl halides is 3. The zero-order valence-corrected chi connectivity index (χ0v) is 21.5. The maximum Gasteiger partial charge on any atom is 0.431 e. The standard InChI is InChI=1S/C13H6Cl2F3NO2S.C10H15N5/c14-7-2-1-3-8(15)11(7)22-9-4-10(13(16,17)18)19-12(21)6(9)5-20;1-15-5-7-3-2-4-8(9(7)6-15)10(11)13-14-12/h1-5H,(H,19,21);2-4,14H,5-6,12H2,1H3,(H2,11,13). The third-order valence-corrected chi connectivity index (χ3v) is 7.25. The molecule has 4 rings (SSSR count). The lowest BCUT2D eigenvalue weighted by atomic mass is 10.0. The highest BCUT2D eigenvalue weighted by Crippen LogP contribution is 2.40. The molecule has 0 saturated heterocycles. The molecule has 1 aromatic heterocycles. The van der Waals surface area contributed by atoms with Crippen molar-refractivity contribution in [1.29, 1.82) is 0 Å². The van der Waals surface area contributed by atoms with Crippen molar-refractivity contribution in [3.63, 3.8) is 0 Å². The number of amidine groups is 1. The molecular formula is C23H21Cl2F3N6O2S. The number of nitrogens with zero attached hydrogens (tertiary/aromatic N) is 2. The molecule has 0 spiro atoms. The van der Waals surface area contributed by atoms with Gasteiger partial charge in [-0.05, 0) is 36.4 Å². The maximum atomic E-state index is 12.8. The van der Waals surface area contributed by atoms with Gasteiger partial charge in [0.25, 0.3) is 5.56 Å². The molecule has 6 N–H and O–H groups in total. The largest absolute Gasteiger partial charge is 0.431 e. The number of carbonyl (C=O) groups excluding carboxylic acids is 1. The Morgan fingerprint density at radius 1 is 1.19 bits per heavy atom. The number of hydrogen-bond acceptors (Lipinski definition) is 7. The van der Waals surface area contributed by atoms with E-state index in [0.29, 0.717) is 11.9 Å². The Balaban J connectivity index is 0.000000220. The second-order valence-electron chi connectivity index (χ2n) is 7.80. The number of hydrazone groups is 1. The first kappa shape index (κ1) is 28.5. The summed E-state index contributed by atoms with van der Waals surface area (Å²) in [6.45, 7) is 1.87. The van der Waals surface area contributed by atoms with Crippen LogP contribution in [0.4, 0.5) is 13.2 Å². The predicted octanol–water partition coefficient (Wildman–Crippen LogP) is 4.38. The number of carbonyl (C=O) groups is 1. The lowest BCUT2D eigenvalue weighted by Crippen LogP contribution is -2.24. The predicted molar refractivity (Wildman–Crippen MR) is 138 cm³/mol. The van der Waals surface area contributed by atoms with E-state index in [1.165, 1.54) is 23.3 Å². The molecular weight excluding hydrogens is 552 g/mol. The summed E-state index contributed by atoms with van der Waals surface area (Å²) in [7, 11) is 2.08. The van der Waals surface area contributed by atoms with Crippen LogP contribution in [0.25, 0.3) is 0 Å². The third kappa shape index (κ3) is 6.84. The minimum atomic E-state index is -4.75. The van der Waals surface area contributed by atoms with Gasteiger partial charge in [0.05, 0.1) is 15.6 Å². The summed E-state index contributed by atoms with van der Waals surface area (Å²) in [4.78, 5) is 26.6. The molecule has 8 nitrogen and oxygen atoms in total. The van der Waals surface area contributed by atoms with Crippen LogP contribution in [0.5, 0.6) is 0 Å². The van der Waals surface area contributed by atoms with Crippen molar-refractivity contribution >= 4 is 47.1 Å². The van der Waals surface area contributed by atoms with E-state index in [1.807, 2.05) is 12.1 Å². The summed E-state index contributed by atoms with van der Waals surface area (Å²) in [5.74, 6) is 5.55. The smallest absolute Gasteiger partial charge is 0.382 e. The number of aldehydes is 1. The summed E-state index contributed by atoms with van der Waals surface area (Å²) >= 11 is 12.6. The van der Waals surface area contributed by atoms with E-state index in [1.54, 1.807) is 11.1 Å². The van der Waals surface area contributed by atoms with Gasteiger partial charge in [-0.25, -0.2) is 11.4 Å². The van der Waals surface area contributed by atoms with E-state index in [4.69, 9.17) is 34.8 Å². The van der Waals surface area contributed by atoms with Gasteiger partial charge in [0, 0.05) is 28.4 Å². The van der Waals surface area contributed by atoms with Crippen LogP contribution in [-0.4, -0.2) is 29.1 Å². The Hall–Kier alpha value is -3.03. The van der Waals surface area contributed by atoms with Crippen molar-refractivity contribution in [2.45, 2.75) is 29.1 Å². The van der Waals surface area contributed by atoms with Gasteiger partial charge < -0.3 is 10.7 Å². The highest BCUT2D eigenvalue weighted by molar-refractivity contribution is 7.99. The van der Waals surface area contributed by atoms with Crippen LogP contribution in [0.2, 0.25) is 10.0 Å². The van der Waals surface area contributed by atoms with E-state index in [-0.39, 0.29) is 26.1 Å². The number of fused-ring (bicyclic) bond motifs is 1. The molecule has 37 heavy (non-hydrogen) atoms. The minimum Gasteiger partial charge on any atom is -0.382 e. The minimum absolute atomic E-state index is 0.180. The third-order valence-electron chi connectivity index (χ3n) is 5.19. The molecule has 0 fully saturated rings. The first-order valence-corrected chi connectivity index (χ1v) is 12.0. The van der Waals surface area contributed by atoms with E-state index in [0.717, 1.165) is 30.4 Å². The molecule has 2 heterocycles. The Kier molecular flexibility index (Phi) is 9.26. The van der Waals surface area contributed by atoms with E-state index in [9.17, 15) is 22.8 Å². The molecule has 3 aromatic rings.